The fraction of sp³-hybridized carbons (Fsp3) is 0.278. The number of hydrogen-bond donors (Lipinski definition) is 3. The van der Waals surface area contributed by atoms with Gasteiger partial charge in [-0.1, -0.05) is 6.07 Å². The van der Waals surface area contributed by atoms with Crippen LogP contribution in [0.1, 0.15) is 39.3 Å². The molecule has 1 saturated carbocycles. The minimum Gasteiger partial charge on any atom is -0.481 e. The van der Waals surface area contributed by atoms with Crippen LogP contribution in [0.5, 0.6) is 0 Å². The molecular weight excluding hydrogens is 340 g/mol. The molecule has 1 aliphatic carbocycles. The molecule has 0 aliphatic heterocycles. The summed E-state index contributed by atoms with van der Waals surface area (Å²) >= 11 is 1.35. The van der Waals surface area contributed by atoms with Crippen LogP contribution in [0.15, 0.2) is 41.8 Å². The van der Waals surface area contributed by atoms with E-state index in [1.165, 1.54) is 11.3 Å². The third kappa shape index (κ3) is 4.67. The Morgan fingerprint density at radius 1 is 1.12 bits per heavy atom. The van der Waals surface area contributed by atoms with Crippen LogP contribution in [0.25, 0.3) is 0 Å². The van der Waals surface area contributed by atoms with E-state index < -0.39 is 5.97 Å². The highest BCUT2D eigenvalue weighted by Gasteiger charge is 2.33. The Morgan fingerprint density at radius 2 is 1.84 bits per heavy atom. The van der Waals surface area contributed by atoms with Gasteiger partial charge in [-0.05, 0) is 54.5 Å². The fourth-order valence-electron chi connectivity index (χ4n) is 2.58. The van der Waals surface area contributed by atoms with Gasteiger partial charge in [-0.2, -0.15) is 0 Å². The lowest BCUT2D eigenvalue weighted by atomic mass is 10.1. The summed E-state index contributed by atoms with van der Waals surface area (Å²) in [6, 6.07) is 9.76. The molecule has 2 aromatic rings. The Kier molecular flexibility index (Phi) is 5.14. The van der Waals surface area contributed by atoms with Crippen LogP contribution in [0.4, 0.5) is 5.69 Å². The number of carboxylic acid groups (broad SMARTS) is 1. The summed E-state index contributed by atoms with van der Waals surface area (Å²) < 4.78 is 0. The SMILES string of the molecule is O=C(O)CC(NC(=O)c1ccc(NC(=O)c2cccs2)cc1)C1CC1. The smallest absolute Gasteiger partial charge is 0.305 e. The van der Waals surface area contributed by atoms with E-state index in [1.54, 1.807) is 36.4 Å². The number of nitrogens with one attached hydrogen (secondary N) is 2. The lowest BCUT2D eigenvalue weighted by molar-refractivity contribution is -0.137. The molecule has 0 spiro atoms. The van der Waals surface area contributed by atoms with Crippen LogP contribution in [-0.2, 0) is 4.79 Å². The Morgan fingerprint density at radius 3 is 2.40 bits per heavy atom. The Balaban J connectivity index is 1.60. The van der Waals surface area contributed by atoms with Crippen molar-refractivity contribution in [3.05, 3.63) is 52.2 Å². The van der Waals surface area contributed by atoms with Crippen molar-refractivity contribution in [1.82, 2.24) is 5.32 Å². The molecule has 3 rings (SSSR count). The maximum atomic E-state index is 12.3. The van der Waals surface area contributed by atoms with Gasteiger partial charge in [0.2, 0.25) is 0 Å². The van der Waals surface area contributed by atoms with Gasteiger partial charge in [0, 0.05) is 17.3 Å². The van der Waals surface area contributed by atoms with Crippen molar-refractivity contribution in [2.45, 2.75) is 25.3 Å². The molecule has 130 valence electrons. The fourth-order valence-corrected chi connectivity index (χ4v) is 3.20. The average Bonchev–Trinajstić information content (AvgIpc) is 3.28. The molecule has 0 radical (unpaired) electrons. The second-order valence-electron chi connectivity index (χ2n) is 6.02. The molecule has 25 heavy (non-hydrogen) atoms. The molecule has 7 heteroatoms. The largest absolute Gasteiger partial charge is 0.481 e. The number of hydrogen-bond acceptors (Lipinski definition) is 4. The third-order valence-electron chi connectivity index (χ3n) is 4.05. The number of thiophene rings is 1. The Bertz CT molecular complexity index is 767. The molecule has 1 heterocycles. The van der Waals surface area contributed by atoms with Gasteiger partial charge in [0.1, 0.15) is 0 Å². The van der Waals surface area contributed by atoms with Crippen molar-refractivity contribution in [1.29, 1.82) is 0 Å². The van der Waals surface area contributed by atoms with Gasteiger partial charge in [0.15, 0.2) is 0 Å². The molecule has 1 aromatic heterocycles. The van der Waals surface area contributed by atoms with Crippen LogP contribution in [0.2, 0.25) is 0 Å². The molecule has 6 nitrogen and oxygen atoms in total. The van der Waals surface area contributed by atoms with Crippen molar-refractivity contribution in [2.24, 2.45) is 5.92 Å². The predicted molar refractivity (Wildman–Crippen MR) is 94.9 cm³/mol. The lowest BCUT2D eigenvalue weighted by Gasteiger charge is -2.16. The van der Waals surface area contributed by atoms with Crippen molar-refractivity contribution in [3.63, 3.8) is 0 Å². The first-order valence-electron chi connectivity index (χ1n) is 8.00. The summed E-state index contributed by atoms with van der Waals surface area (Å²) in [4.78, 5) is 35.8. The van der Waals surface area contributed by atoms with Gasteiger partial charge in [-0.3, -0.25) is 14.4 Å². The summed E-state index contributed by atoms with van der Waals surface area (Å²) in [6.07, 6.45) is 1.84. The zero-order valence-electron chi connectivity index (χ0n) is 13.4. The molecule has 1 aromatic carbocycles. The Labute approximate surface area is 148 Å². The van der Waals surface area contributed by atoms with E-state index in [0.29, 0.717) is 16.1 Å². The van der Waals surface area contributed by atoms with Crippen LogP contribution < -0.4 is 10.6 Å². The van der Waals surface area contributed by atoms with Gasteiger partial charge in [0.05, 0.1) is 11.3 Å². The number of carboxylic acids is 1. The summed E-state index contributed by atoms with van der Waals surface area (Å²) in [5, 5.41) is 16.4. The normalized spacial score (nSPS) is 14.6. The van der Waals surface area contributed by atoms with Crippen LogP contribution in [-0.4, -0.2) is 28.9 Å². The molecule has 1 atom stereocenters. The van der Waals surface area contributed by atoms with Gasteiger partial charge in [0.25, 0.3) is 11.8 Å². The topological polar surface area (TPSA) is 95.5 Å². The number of benzene rings is 1. The van der Waals surface area contributed by atoms with Crippen molar-refractivity contribution < 1.29 is 19.5 Å². The highest BCUT2D eigenvalue weighted by Crippen LogP contribution is 2.34. The van der Waals surface area contributed by atoms with Crippen LogP contribution in [0, 0.1) is 5.92 Å². The minimum absolute atomic E-state index is 0.0641. The molecule has 1 fully saturated rings. The van der Waals surface area contributed by atoms with E-state index in [1.807, 2.05) is 5.38 Å². The highest BCUT2D eigenvalue weighted by atomic mass is 32.1. The first kappa shape index (κ1) is 17.2. The van der Waals surface area contributed by atoms with E-state index in [2.05, 4.69) is 10.6 Å². The third-order valence-corrected chi connectivity index (χ3v) is 4.92. The first-order chi connectivity index (χ1) is 12.0. The number of anilines is 1. The quantitative estimate of drug-likeness (QED) is 0.709. The molecule has 0 bridgehead atoms. The Hall–Kier alpha value is -2.67. The molecule has 2 amide bonds. The van der Waals surface area contributed by atoms with Gasteiger partial charge < -0.3 is 15.7 Å². The van der Waals surface area contributed by atoms with E-state index in [4.69, 9.17) is 5.11 Å². The zero-order chi connectivity index (χ0) is 17.8. The van der Waals surface area contributed by atoms with E-state index in [-0.39, 0.29) is 30.2 Å². The first-order valence-corrected chi connectivity index (χ1v) is 8.88. The minimum atomic E-state index is -0.913. The summed E-state index contributed by atoms with van der Waals surface area (Å²) in [5.74, 6) is -1.15. The summed E-state index contributed by atoms with van der Waals surface area (Å²) in [7, 11) is 0. The predicted octanol–water partition coefficient (Wildman–Crippen LogP) is 2.98. The summed E-state index contributed by atoms with van der Waals surface area (Å²) in [5.41, 5.74) is 1.03. The van der Waals surface area contributed by atoms with Gasteiger partial charge >= 0.3 is 5.97 Å². The maximum absolute atomic E-state index is 12.3. The molecule has 3 N–H and O–H groups in total. The number of carbonyl (C=O) groups excluding carboxylic acids is 2. The van der Waals surface area contributed by atoms with Gasteiger partial charge in [-0.15, -0.1) is 11.3 Å². The van der Waals surface area contributed by atoms with Crippen molar-refractivity contribution >= 4 is 34.8 Å². The van der Waals surface area contributed by atoms with Crippen molar-refractivity contribution in [3.8, 4) is 0 Å². The highest BCUT2D eigenvalue weighted by molar-refractivity contribution is 7.12. The second-order valence-corrected chi connectivity index (χ2v) is 6.97. The van der Waals surface area contributed by atoms with Gasteiger partial charge in [-0.25, -0.2) is 0 Å². The van der Waals surface area contributed by atoms with E-state index >= 15 is 0 Å². The van der Waals surface area contributed by atoms with Crippen molar-refractivity contribution in [2.75, 3.05) is 5.32 Å². The van der Waals surface area contributed by atoms with E-state index in [9.17, 15) is 14.4 Å². The maximum Gasteiger partial charge on any atom is 0.305 e. The monoisotopic (exact) mass is 358 g/mol. The van der Waals surface area contributed by atoms with Crippen LogP contribution >= 0.6 is 11.3 Å². The molecule has 1 aliphatic rings. The van der Waals surface area contributed by atoms with Crippen LogP contribution in [0.3, 0.4) is 0 Å². The number of aliphatic carboxylic acids is 1. The number of rotatable bonds is 7. The molecular formula is C18H18N2O4S. The second kappa shape index (κ2) is 7.48. The number of amides is 2. The lowest BCUT2D eigenvalue weighted by Crippen LogP contribution is -2.38. The zero-order valence-corrected chi connectivity index (χ0v) is 14.2. The standard InChI is InChI=1S/C18H18N2O4S/c21-16(22)10-14(11-3-4-11)20-17(23)12-5-7-13(8-6-12)19-18(24)15-2-1-9-25-15/h1-2,5-9,11,14H,3-4,10H2,(H,19,24)(H,20,23)(H,21,22). The van der Waals surface area contributed by atoms with E-state index in [0.717, 1.165) is 12.8 Å². The summed E-state index contributed by atoms with van der Waals surface area (Å²) in [6.45, 7) is 0. The molecule has 1 unspecified atom stereocenters. The average molecular weight is 358 g/mol. The molecule has 0 saturated heterocycles. The number of carbonyl (C=O) groups is 3.